The van der Waals surface area contributed by atoms with Crippen molar-refractivity contribution in [2.45, 2.75) is 6.42 Å². The third-order valence-corrected chi connectivity index (χ3v) is 3.42. The maximum absolute atomic E-state index is 11.4. The summed E-state index contributed by atoms with van der Waals surface area (Å²) < 4.78 is 4.51. The van der Waals surface area contributed by atoms with E-state index < -0.39 is 11.9 Å². The van der Waals surface area contributed by atoms with Crippen LogP contribution in [-0.4, -0.2) is 21.9 Å². The summed E-state index contributed by atoms with van der Waals surface area (Å²) in [4.78, 5) is 31.4. The highest BCUT2D eigenvalue weighted by Crippen LogP contribution is 2.30. The van der Waals surface area contributed by atoms with Gasteiger partial charge in [-0.2, -0.15) is 0 Å². The molecule has 3 rings (SSSR count). The average Bonchev–Trinajstić information content (AvgIpc) is 2.74. The van der Waals surface area contributed by atoms with Crippen LogP contribution in [0, 0.1) is 0 Å². The molecule has 0 atom stereocenters. The molecule has 0 aliphatic carbocycles. The molecule has 0 radical (unpaired) electrons. The highest BCUT2D eigenvalue weighted by Gasteiger charge is 2.29. The van der Waals surface area contributed by atoms with Crippen LogP contribution >= 0.6 is 11.3 Å². The SMILES string of the molecule is O=C1Cc2sc(-c3cccnc3)nc2C(=O)O1. The van der Waals surface area contributed by atoms with Gasteiger partial charge in [-0.3, -0.25) is 9.78 Å². The second kappa shape index (κ2) is 3.74. The first kappa shape index (κ1) is 10.1. The zero-order valence-corrected chi connectivity index (χ0v) is 9.36. The van der Waals surface area contributed by atoms with E-state index in [1.54, 1.807) is 18.5 Å². The first-order valence-corrected chi connectivity index (χ1v) is 5.71. The maximum Gasteiger partial charge on any atom is 0.365 e. The molecule has 0 N–H and O–H groups in total. The molecule has 0 aromatic carbocycles. The number of carbonyl (C=O) groups is 2. The van der Waals surface area contributed by atoms with Gasteiger partial charge in [0.1, 0.15) is 5.01 Å². The number of nitrogens with zero attached hydrogens (tertiary/aromatic N) is 2. The number of carbonyl (C=O) groups excluding carboxylic acids is 2. The van der Waals surface area contributed by atoms with Gasteiger partial charge in [0.2, 0.25) is 0 Å². The highest BCUT2D eigenvalue weighted by atomic mass is 32.1. The second-order valence-electron chi connectivity index (χ2n) is 3.47. The predicted molar refractivity (Wildman–Crippen MR) is 59.5 cm³/mol. The summed E-state index contributed by atoms with van der Waals surface area (Å²) in [6, 6.07) is 3.64. The van der Waals surface area contributed by atoms with Gasteiger partial charge in [-0.25, -0.2) is 9.78 Å². The zero-order chi connectivity index (χ0) is 11.8. The molecule has 3 heterocycles. The van der Waals surface area contributed by atoms with Crippen molar-refractivity contribution in [2.75, 3.05) is 0 Å². The van der Waals surface area contributed by atoms with Crippen molar-refractivity contribution in [3.05, 3.63) is 35.1 Å². The summed E-state index contributed by atoms with van der Waals surface area (Å²) in [5, 5.41) is 0.676. The molecule has 84 valence electrons. The Morgan fingerprint density at radius 1 is 1.35 bits per heavy atom. The Kier molecular flexibility index (Phi) is 2.22. The van der Waals surface area contributed by atoms with Crippen LogP contribution in [0.1, 0.15) is 15.4 Å². The predicted octanol–water partition coefficient (Wildman–Crippen LogP) is 1.44. The Hall–Kier alpha value is -2.08. The molecule has 1 aliphatic rings. The summed E-state index contributed by atoms with van der Waals surface area (Å²) >= 11 is 1.32. The Bertz CT molecular complexity index is 606. The molecule has 17 heavy (non-hydrogen) atoms. The van der Waals surface area contributed by atoms with E-state index in [1.807, 2.05) is 6.07 Å². The van der Waals surface area contributed by atoms with E-state index in [4.69, 9.17) is 0 Å². The summed E-state index contributed by atoms with van der Waals surface area (Å²) in [5.41, 5.74) is 1.07. The van der Waals surface area contributed by atoms with E-state index in [2.05, 4.69) is 14.7 Å². The summed E-state index contributed by atoms with van der Waals surface area (Å²) in [6.45, 7) is 0. The van der Waals surface area contributed by atoms with Crippen LogP contribution in [0.15, 0.2) is 24.5 Å². The number of pyridine rings is 1. The zero-order valence-electron chi connectivity index (χ0n) is 8.54. The fraction of sp³-hybridized carbons (Fsp3) is 0.0909. The van der Waals surface area contributed by atoms with Crippen LogP contribution < -0.4 is 0 Å². The van der Waals surface area contributed by atoms with Gasteiger partial charge < -0.3 is 4.74 Å². The van der Waals surface area contributed by atoms with Crippen molar-refractivity contribution < 1.29 is 14.3 Å². The van der Waals surface area contributed by atoms with E-state index in [-0.39, 0.29) is 12.1 Å². The minimum absolute atomic E-state index is 0.110. The van der Waals surface area contributed by atoms with Crippen molar-refractivity contribution in [1.29, 1.82) is 0 Å². The number of esters is 2. The maximum atomic E-state index is 11.4. The molecule has 2 aromatic heterocycles. The van der Waals surface area contributed by atoms with Gasteiger partial charge in [-0.15, -0.1) is 11.3 Å². The smallest absolute Gasteiger partial charge is 0.365 e. The molecule has 1 aliphatic heterocycles. The van der Waals surface area contributed by atoms with Gasteiger partial charge in [0.25, 0.3) is 0 Å². The van der Waals surface area contributed by atoms with Crippen LogP contribution in [0.4, 0.5) is 0 Å². The summed E-state index contributed by atoms with van der Waals surface area (Å²) in [5.74, 6) is -1.19. The van der Waals surface area contributed by atoms with Crippen molar-refractivity contribution in [3.8, 4) is 10.6 Å². The van der Waals surface area contributed by atoms with Gasteiger partial charge in [0.05, 0.1) is 11.3 Å². The fourth-order valence-electron chi connectivity index (χ4n) is 1.56. The van der Waals surface area contributed by atoms with E-state index in [1.165, 1.54) is 11.3 Å². The third-order valence-electron chi connectivity index (χ3n) is 2.31. The van der Waals surface area contributed by atoms with Crippen LogP contribution in [0.2, 0.25) is 0 Å². The van der Waals surface area contributed by atoms with Crippen molar-refractivity contribution in [3.63, 3.8) is 0 Å². The Balaban J connectivity index is 2.08. The van der Waals surface area contributed by atoms with Gasteiger partial charge >= 0.3 is 11.9 Å². The monoisotopic (exact) mass is 246 g/mol. The molecule has 0 amide bonds. The van der Waals surface area contributed by atoms with Crippen molar-refractivity contribution in [1.82, 2.24) is 9.97 Å². The lowest BCUT2D eigenvalue weighted by molar-refractivity contribution is -0.137. The summed E-state index contributed by atoms with van der Waals surface area (Å²) in [6.07, 6.45) is 3.44. The summed E-state index contributed by atoms with van der Waals surface area (Å²) in [7, 11) is 0. The molecule has 0 bridgehead atoms. The largest absolute Gasteiger partial charge is 0.388 e. The average molecular weight is 246 g/mol. The van der Waals surface area contributed by atoms with Crippen molar-refractivity contribution in [2.24, 2.45) is 0 Å². The number of aromatic nitrogens is 2. The highest BCUT2D eigenvalue weighted by molar-refractivity contribution is 7.15. The standard InChI is InChI=1S/C11H6N2O3S/c14-8-4-7-9(11(15)16-8)13-10(17-7)6-2-1-3-12-5-6/h1-3,5H,4H2. The first-order valence-electron chi connectivity index (χ1n) is 4.89. The minimum atomic E-state index is -0.664. The Morgan fingerprint density at radius 2 is 2.24 bits per heavy atom. The van der Waals surface area contributed by atoms with E-state index in [0.29, 0.717) is 9.88 Å². The van der Waals surface area contributed by atoms with E-state index in [0.717, 1.165) is 5.56 Å². The number of thiazole rings is 1. The molecule has 6 heteroatoms. The molecule has 0 saturated carbocycles. The molecule has 0 spiro atoms. The first-order chi connectivity index (χ1) is 8.24. The van der Waals surface area contributed by atoms with Gasteiger partial charge in [0.15, 0.2) is 5.69 Å². The number of hydrogen-bond donors (Lipinski definition) is 0. The normalized spacial score (nSPS) is 14.4. The van der Waals surface area contributed by atoms with E-state index >= 15 is 0 Å². The second-order valence-corrected chi connectivity index (χ2v) is 4.55. The minimum Gasteiger partial charge on any atom is -0.388 e. The number of fused-ring (bicyclic) bond motifs is 1. The van der Waals surface area contributed by atoms with E-state index in [9.17, 15) is 9.59 Å². The number of ether oxygens (including phenoxy) is 1. The lowest BCUT2D eigenvalue weighted by atomic mass is 10.2. The molecular weight excluding hydrogens is 240 g/mol. The number of rotatable bonds is 1. The Morgan fingerprint density at radius 3 is 3.00 bits per heavy atom. The van der Waals surface area contributed by atoms with Crippen LogP contribution in [0.3, 0.4) is 0 Å². The quantitative estimate of drug-likeness (QED) is 0.562. The fourth-order valence-corrected chi connectivity index (χ4v) is 2.59. The molecule has 0 unspecified atom stereocenters. The topological polar surface area (TPSA) is 69.2 Å². The van der Waals surface area contributed by atoms with Crippen molar-refractivity contribution >= 4 is 23.3 Å². The van der Waals surface area contributed by atoms with Crippen LogP contribution in [-0.2, 0) is 16.0 Å². The lowest BCUT2D eigenvalue weighted by Crippen LogP contribution is -2.21. The van der Waals surface area contributed by atoms with Crippen LogP contribution in [0.5, 0.6) is 0 Å². The molecular formula is C11H6N2O3S. The van der Waals surface area contributed by atoms with Gasteiger partial charge in [-0.05, 0) is 12.1 Å². The van der Waals surface area contributed by atoms with Gasteiger partial charge in [0, 0.05) is 18.0 Å². The lowest BCUT2D eigenvalue weighted by Gasteiger charge is -2.06. The van der Waals surface area contributed by atoms with Gasteiger partial charge in [-0.1, -0.05) is 0 Å². The molecule has 0 saturated heterocycles. The molecule has 2 aromatic rings. The molecule has 0 fully saturated rings. The third kappa shape index (κ3) is 1.72. The van der Waals surface area contributed by atoms with Crippen LogP contribution in [0.25, 0.3) is 10.6 Å². The number of cyclic esters (lactones) is 2. The number of hydrogen-bond acceptors (Lipinski definition) is 6. The Labute approximate surface area is 100 Å². The molecule has 5 nitrogen and oxygen atoms in total.